The van der Waals surface area contributed by atoms with E-state index in [-0.39, 0.29) is 18.7 Å². The Kier molecular flexibility index (Phi) is 7.42. The number of nitrogens with zero attached hydrogens (tertiary/aromatic N) is 3. The van der Waals surface area contributed by atoms with Crippen LogP contribution < -0.4 is 0 Å². The van der Waals surface area contributed by atoms with Gasteiger partial charge in [-0.3, -0.25) is 19.1 Å². The fourth-order valence-corrected chi connectivity index (χ4v) is 4.28. The molecule has 3 rings (SSSR count). The summed E-state index contributed by atoms with van der Waals surface area (Å²) in [6, 6.07) is 8.00. The van der Waals surface area contributed by atoms with Crippen LogP contribution >= 0.6 is 11.6 Å². The number of amides is 1. The minimum Gasteiger partial charge on any atom is -0.444 e. The third kappa shape index (κ3) is 6.40. The Morgan fingerprint density at radius 3 is 2.56 bits per heavy atom. The van der Waals surface area contributed by atoms with Gasteiger partial charge in [0, 0.05) is 6.20 Å². The first-order valence-electron chi connectivity index (χ1n) is 10.4. The molecule has 2 aromatic rings. The molecule has 1 aliphatic heterocycles. The predicted octanol–water partition coefficient (Wildman–Crippen LogP) is 4.81. The van der Waals surface area contributed by atoms with E-state index in [1.165, 1.54) is 0 Å². The van der Waals surface area contributed by atoms with Crippen molar-refractivity contribution in [3.63, 3.8) is 0 Å². The van der Waals surface area contributed by atoms with Crippen LogP contribution in [0.5, 0.6) is 0 Å². The van der Waals surface area contributed by atoms with E-state index in [2.05, 4.69) is 9.97 Å². The second kappa shape index (κ2) is 9.72. The molecule has 0 bridgehead atoms. The van der Waals surface area contributed by atoms with Crippen LogP contribution in [0.2, 0.25) is 5.02 Å². The van der Waals surface area contributed by atoms with Gasteiger partial charge in [-0.25, -0.2) is 4.79 Å². The lowest BCUT2D eigenvalue weighted by molar-refractivity contribution is -0.00796. The van der Waals surface area contributed by atoms with E-state index in [1.54, 1.807) is 35.4 Å². The predicted molar refractivity (Wildman–Crippen MR) is 121 cm³/mol. The number of aromatic nitrogens is 2. The molecule has 0 spiro atoms. The van der Waals surface area contributed by atoms with Gasteiger partial charge in [-0.1, -0.05) is 17.7 Å². The molecule has 0 N–H and O–H groups in total. The molecule has 1 fully saturated rings. The molecule has 0 aromatic carbocycles. The Morgan fingerprint density at radius 1 is 1.19 bits per heavy atom. The first-order valence-corrected chi connectivity index (χ1v) is 12.6. The van der Waals surface area contributed by atoms with Gasteiger partial charge >= 0.3 is 6.09 Å². The number of carbonyl (C=O) groups is 1. The number of rotatable bonds is 5. The van der Waals surface area contributed by atoms with Gasteiger partial charge in [0.2, 0.25) is 0 Å². The minimum absolute atomic E-state index is 0.179. The van der Waals surface area contributed by atoms with E-state index in [1.807, 2.05) is 26.8 Å². The highest BCUT2D eigenvalue weighted by atomic mass is 35.5. The topological polar surface area (TPSA) is 98.7 Å². The highest BCUT2D eigenvalue weighted by molar-refractivity contribution is 7.85. The first kappa shape index (κ1) is 24.4. The molecule has 0 radical (unpaired) electrons. The number of hydrogen-bond donors (Lipinski definition) is 0. The van der Waals surface area contributed by atoms with Gasteiger partial charge in [0.1, 0.15) is 12.2 Å². The van der Waals surface area contributed by atoms with Crippen molar-refractivity contribution >= 4 is 27.8 Å². The van der Waals surface area contributed by atoms with Crippen LogP contribution in [0.1, 0.15) is 69.2 Å². The monoisotopic (exact) mass is 481 g/mol. The van der Waals surface area contributed by atoms with E-state index in [4.69, 9.17) is 20.5 Å². The summed E-state index contributed by atoms with van der Waals surface area (Å²) in [4.78, 5) is 24.0. The van der Waals surface area contributed by atoms with Crippen LogP contribution in [-0.2, 0) is 25.6 Å². The second-order valence-corrected chi connectivity index (χ2v) is 10.8. The van der Waals surface area contributed by atoms with Crippen LogP contribution in [0.3, 0.4) is 0 Å². The molecule has 8 nitrogen and oxygen atoms in total. The van der Waals surface area contributed by atoms with Crippen LogP contribution in [0, 0.1) is 0 Å². The SMILES string of the molecule is CC(C)(C)OC(=O)N1[C@@H](c2cccc(COS(C)(=O)=O)n2)CCC[C@H]1c1ncccc1Cl. The standard InChI is InChI=1S/C22H28ClN3O5S/c1-22(2,3)31-21(27)26-18(11-6-12-19(26)20-16(23)9-7-13-24-20)17-10-5-8-15(25-17)14-30-32(4,28)29/h5,7-10,13,18-19H,6,11-12,14H2,1-4H3/t18-,19+/m1/s1. The normalized spacial score (nSPS) is 19.6. The van der Waals surface area contributed by atoms with E-state index < -0.39 is 21.8 Å². The fourth-order valence-electron chi connectivity index (χ4n) is 3.70. The lowest BCUT2D eigenvalue weighted by Crippen LogP contribution is -2.44. The molecule has 3 heterocycles. The number of likely N-dealkylation sites (tertiary alicyclic amines) is 1. The van der Waals surface area contributed by atoms with Gasteiger partial charge in [-0.15, -0.1) is 0 Å². The third-order valence-electron chi connectivity index (χ3n) is 4.92. The number of hydrogen-bond acceptors (Lipinski definition) is 7. The van der Waals surface area contributed by atoms with E-state index >= 15 is 0 Å². The summed E-state index contributed by atoms with van der Waals surface area (Å²) >= 11 is 6.43. The van der Waals surface area contributed by atoms with Crippen molar-refractivity contribution in [2.45, 2.75) is 64.3 Å². The summed E-state index contributed by atoms with van der Waals surface area (Å²) in [5.41, 5.74) is 1.01. The molecule has 1 saturated heterocycles. The molecule has 174 valence electrons. The number of carbonyl (C=O) groups excluding carboxylic acids is 1. The van der Waals surface area contributed by atoms with E-state index in [0.29, 0.717) is 34.9 Å². The Balaban J connectivity index is 1.99. The summed E-state index contributed by atoms with van der Waals surface area (Å²) in [7, 11) is -3.60. The summed E-state index contributed by atoms with van der Waals surface area (Å²) in [6.45, 7) is 5.26. The van der Waals surface area contributed by atoms with Crippen molar-refractivity contribution in [2.24, 2.45) is 0 Å². The van der Waals surface area contributed by atoms with Crippen molar-refractivity contribution in [3.8, 4) is 0 Å². The Labute approximate surface area is 194 Å². The molecular formula is C22H28ClN3O5S. The molecule has 1 aliphatic rings. The maximum Gasteiger partial charge on any atom is 0.411 e. The third-order valence-corrected chi connectivity index (χ3v) is 5.79. The Morgan fingerprint density at radius 2 is 1.91 bits per heavy atom. The molecule has 2 atom stereocenters. The lowest BCUT2D eigenvalue weighted by atomic mass is 9.91. The van der Waals surface area contributed by atoms with Crippen LogP contribution in [-0.4, -0.2) is 41.2 Å². The molecular weight excluding hydrogens is 454 g/mol. The summed E-state index contributed by atoms with van der Waals surface area (Å²) in [6.07, 6.45) is 4.34. The highest BCUT2D eigenvalue weighted by Crippen LogP contribution is 2.43. The van der Waals surface area contributed by atoms with E-state index in [9.17, 15) is 13.2 Å². The quantitative estimate of drug-likeness (QED) is 0.565. The van der Waals surface area contributed by atoms with Crippen molar-refractivity contribution in [3.05, 3.63) is 58.6 Å². The molecule has 0 saturated carbocycles. The number of halogens is 1. The van der Waals surface area contributed by atoms with Gasteiger partial charge in [-0.2, -0.15) is 8.42 Å². The van der Waals surface area contributed by atoms with Gasteiger partial charge in [0.25, 0.3) is 10.1 Å². The van der Waals surface area contributed by atoms with E-state index in [0.717, 1.165) is 12.7 Å². The number of ether oxygens (including phenoxy) is 1. The molecule has 0 unspecified atom stereocenters. The number of pyridine rings is 2. The largest absolute Gasteiger partial charge is 0.444 e. The zero-order chi connectivity index (χ0) is 23.5. The highest BCUT2D eigenvalue weighted by Gasteiger charge is 2.40. The zero-order valence-electron chi connectivity index (χ0n) is 18.6. The van der Waals surface area contributed by atoms with Crippen molar-refractivity contribution < 1.29 is 22.1 Å². The Hall–Kier alpha value is -2.23. The molecule has 32 heavy (non-hydrogen) atoms. The van der Waals surface area contributed by atoms with Gasteiger partial charge in [0.15, 0.2) is 0 Å². The molecule has 1 amide bonds. The molecule has 10 heteroatoms. The zero-order valence-corrected chi connectivity index (χ0v) is 20.2. The van der Waals surface area contributed by atoms with Crippen LogP contribution in [0.25, 0.3) is 0 Å². The molecule has 0 aliphatic carbocycles. The van der Waals surface area contributed by atoms with Crippen LogP contribution in [0.4, 0.5) is 4.79 Å². The average molecular weight is 482 g/mol. The van der Waals surface area contributed by atoms with Gasteiger partial charge in [0.05, 0.1) is 40.4 Å². The van der Waals surface area contributed by atoms with Gasteiger partial charge in [-0.05, 0) is 64.3 Å². The van der Waals surface area contributed by atoms with Crippen molar-refractivity contribution in [1.82, 2.24) is 14.9 Å². The second-order valence-electron chi connectivity index (χ2n) is 8.74. The maximum absolute atomic E-state index is 13.3. The summed E-state index contributed by atoms with van der Waals surface area (Å²) in [5.74, 6) is 0. The maximum atomic E-state index is 13.3. The summed E-state index contributed by atoms with van der Waals surface area (Å²) in [5, 5.41) is 0.481. The van der Waals surface area contributed by atoms with Crippen molar-refractivity contribution in [1.29, 1.82) is 0 Å². The Bertz CT molecular complexity index is 1070. The lowest BCUT2D eigenvalue weighted by Gasteiger charge is -2.42. The van der Waals surface area contributed by atoms with Crippen LogP contribution in [0.15, 0.2) is 36.5 Å². The van der Waals surface area contributed by atoms with Gasteiger partial charge < -0.3 is 4.74 Å². The smallest absolute Gasteiger partial charge is 0.411 e. The minimum atomic E-state index is -3.60. The first-order chi connectivity index (χ1) is 14.9. The number of piperidine rings is 1. The average Bonchev–Trinajstić information content (AvgIpc) is 2.70. The molecule has 2 aromatic heterocycles. The fraction of sp³-hybridized carbons (Fsp3) is 0.500. The summed E-state index contributed by atoms with van der Waals surface area (Å²) < 4.78 is 33.3. The van der Waals surface area contributed by atoms with Crippen molar-refractivity contribution in [2.75, 3.05) is 6.26 Å².